The topological polar surface area (TPSA) is 27.3 Å². The average Bonchev–Trinajstić information content (AvgIpc) is 2.12. The molecule has 1 aliphatic rings. The molecule has 2 N–H and O–H groups in total. The fourth-order valence-corrected chi connectivity index (χ4v) is 0.741. The van der Waals surface area contributed by atoms with Crippen LogP contribution in [0, 0.1) is 6.29 Å². The minimum atomic E-state index is 1.05. The molecule has 0 aromatic carbocycles. The van der Waals surface area contributed by atoms with Crippen LogP contribution in [0.15, 0.2) is 0 Å². The van der Waals surface area contributed by atoms with Crippen molar-refractivity contribution in [3.05, 3.63) is 6.29 Å². The van der Waals surface area contributed by atoms with Crippen molar-refractivity contribution in [1.82, 2.24) is 15.5 Å². The summed E-state index contributed by atoms with van der Waals surface area (Å²) < 4.78 is 0. The molecule has 1 saturated heterocycles. The summed E-state index contributed by atoms with van der Waals surface area (Å²) in [4.78, 5) is 2.03. The lowest BCUT2D eigenvalue weighted by atomic mass is 10.7. The van der Waals surface area contributed by atoms with Crippen LogP contribution >= 0.6 is 0 Å². The van der Waals surface area contributed by atoms with Crippen molar-refractivity contribution in [2.75, 3.05) is 27.2 Å². The van der Waals surface area contributed by atoms with Crippen molar-refractivity contribution in [3.8, 4) is 0 Å². The second-order valence-electron chi connectivity index (χ2n) is 2.10. The van der Waals surface area contributed by atoms with E-state index in [0.29, 0.717) is 0 Å². The van der Waals surface area contributed by atoms with E-state index >= 15 is 0 Å². The molecule has 0 spiro atoms. The van der Waals surface area contributed by atoms with Crippen LogP contribution in [0.1, 0.15) is 0 Å². The molecule has 0 aromatic rings. The van der Waals surface area contributed by atoms with Gasteiger partial charge in [0.15, 0.2) is 6.29 Å². The van der Waals surface area contributed by atoms with Gasteiger partial charge < -0.3 is 0 Å². The van der Waals surface area contributed by atoms with Gasteiger partial charge in [0.05, 0.1) is 0 Å². The fourth-order valence-electron chi connectivity index (χ4n) is 0.741. The fraction of sp³-hybridized carbons (Fsp3) is 0.800. The normalized spacial score (nSPS) is 22.9. The number of hydrogen-bond donors (Lipinski definition) is 2. The van der Waals surface area contributed by atoms with E-state index in [1.54, 1.807) is 0 Å². The Balaban J connectivity index is 2.24. The van der Waals surface area contributed by atoms with Crippen molar-refractivity contribution in [3.63, 3.8) is 0 Å². The van der Waals surface area contributed by atoms with E-state index in [1.807, 2.05) is 19.0 Å². The second kappa shape index (κ2) is 2.44. The third-order valence-electron chi connectivity index (χ3n) is 1.16. The summed E-state index contributed by atoms with van der Waals surface area (Å²) in [5.41, 5.74) is 0. The molecule has 0 aromatic heterocycles. The van der Waals surface area contributed by atoms with E-state index in [9.17, 15) is 0 Å². The zero-order valence-corrected chi connectivity index (χ0v) is 5.36. The monoisotopic (exact) mass is 114 g/mol. The molecule has 0 bridgehead atoms. The van der Waals surface area contributed by atoms with E-state index in [2.05, 4.69) is 10.6 Å². The van der Waals surface area contributed by atoms with Gasteiger partial charge in [-0.15, -0.1) is 0 Å². The summed E-state index contributed by atoms with van der Waals surface area (Å²) >= 11 is 0. The first-order chi connectivity index (χ1) is 3.80. The number of hydrogen-bond acceptors (Lipinski definition) is 3. The Bertz CT molecular complexity index is 66.1. The summed E-state index contributed by atoms with van der Waals surface area (Å²) in [6, 6.07) is 0. The van der Waals surface area contributed by atoms with E-state index in [1.165, 1.54) is 0 Å². The van der Waals surface area contributed by atoms with E-state index < -0.39 is 0 Å². The van der Waals surface area contributed by atoms with Crippen molar-refractivity contribution >= 4 is 0 Å². The maximum absolute atomic E-state index is 3.19. The number of rotatable bonds is 1. The third kappa shape index (κ3) is 1.18. The molecule has 8 heavy (non-hydrogen) atoms. The zero-order chi connectivity index (χ0) is 5.98. The van der Waals surface area contributed by atoms with E-state index in [-0.39, 0.29) is 0 Å². The van der Waals surface area contributed by atoms with Crippen LogP contribution in [-0.2, 0) is 0 Å². The summed E-state index contributed by atoms with van der Waals surface area (Å²) in [5, 5.41) is 6.38. The Morgan fingerprint density at radius 2 is 1.75 bits per heavy atom. The van der Waals surface area contributed by atoms with Crippen LogP contribution in [0.4, 0.5) is 0 Å². The van der Waals surface area contributed by atoms with Gasteiger partial charge in [0.25, 0.3) is 0 Å². The van der Waals surface area contributed by atoms with Crippen LogP contribution in [-0.4, -0.2) is 32.1 Å². The molecule has 1 heterocycles. The summed E-state index contributed by atoms with van der Waals surface area (Å²) in [6.07, 6.45) is 1.13. The molecule has 1 aliphatic heterocycles. The van der Waals surface area contributed by atoms with E-state index in [0.717, 1.165) is 19.4 Å². The molecule has 1 rings (SSSR count). The maximum atomic E-state index is 3.19. The second-order valence-corrected chi connectivity index (χ2v) is 2.10. The molecular formula is C5H12N3. The first kappa shape index (κ1) is 6.01. The van der Waals surface area contributed by atoms with Gasteiger partial charge in [-0.25, -0.2) is 0 Å². The molecule has 1 radical (unpaired) electrons. The van der Waals surface area contributed by atoms with Crippen LogP contribution in [0.2, 0.25) is 0 Å². The molecule has 0 unspecified atom stereocenters. The zero-order valence-electron chi connectivity index (χ0n) is 5.36. The van der Waals surface area contributed by atoms with Crippen molar-refractivity contribution in [2.24, 2.45) is 0 Å². The van der Waals surface area contributed by atoms with Crippen molar-refractivity contribution < 1.29 is 0 Å². The summed E-state index contributed by atoms with van der Waals surface area (Å²) in [5.74, 6) is 0. The van der Waals surface area contributed by atoms with Crippen molar-refractivity contribution in [1.29, 1.82) is 0 Å². The van der Waals surface area contributed by atoms with E-state index in [4.69, 9.17) is 0 Å². The predicted octanol–water partition coefficient (Wildman–Crippen LogP) is -0.812. The Hall–Kier alpha value is -0.120. The minimum absolute atomic E-state index is 1.05. The van der Waals surface area contributed by atoms with Gasteiger partial charge >= 0.3 is 0 Å². The molecule has 1 fully saturated rings. The lowest BCUT2D eigenvalue weighted by Gasteiger charge is -2.16. The Labute approximate surface area is 50.1 Å². The van der Waals surface area contributed by atoms with Gasteiger partial charge in [0.1, 0.15) is 0 Å². The molecule has 0 atom stereocenters. The molecule has 3 nitrogen and oxygen atoms in total. The number of nitrogens with one attached hydrogen (secondary N) is 2. The van der Waals surface area contributed by atoms with Crippen LogP contribution < -0.4 is 10.6 Å². The highest BCUT2D eigenvalue weighted by Gasteiger charge is 2.15. The Morgan fingerprint density at radius 3 is 2.00 bits per heavy atom. The molecule has 0 saturated carbocycles. The van der Waals surface area contributed by atoms with Gasteiger partial charge in [0, 0.05) is 13.1 Å². The maximum Gasteiger partial charge on any atom is 0.173 e. The smallest absolute Gasteiger partial charge is 0.173 e. The van der Waals surface area contributed by atoms with Crippen molar-refractivity contribution in [2.45, 2.75) is 0 Å². The average molecular weight is 114 g/mol. The predicted molar refractivity (Wildman–Crippen MR) is 32.9 cm³/mol. The first-order valence-corrected chi connectivity index (χ1v) is 2.83. The highest BCUT2D eigenvalue weighted by molar-refractivity contribution is 4.86. The van der Waals surface area contributed by atoms with Crippen LogP contribution in [0.3, 0.4) is 0 Å². The Morgan fingerprint density at radius 1 is 1.25 bits per heavy atom. The Kier molecular flexibility index (Phi) is 1.83. The number of nitrogens with zero attached hydrogens (tertiary/aromatic N) is 1. The lowest BCUT2D eigenvalue weighted by molar-refractivity contribution is 0.363. The molecule has 0 amide bonds. The quantitative estimate of drug-likeness (QED) is 0.467. The van der Waals surface area contributed by atoms with Gasteiger partial charge in [-0.2, -0.15) is 0 Å². The van der Waals surface area contributed by atoms with Crippen LogP contribution in [0.25, 0.3) is 0 Å². The van der Waals surface area contributed by atoms with Crippen LogP contribution in [0.5, 0.6) is 0 Å². The standard InChI is InChI=1S/C5H12N3/c1-8(2)5-6-3-4-7-5/h6-7H,3-4H2,1-2H3. The van der Waals surface area contributed by atoms with Gasteiger partial charge in [-0.1, -0.05) is 0 Å². The largest absolute Gasteiger partial charge is 0.282 e. The van der Waals surface area contributed by atoms with Gasteiger partial charge in [-0.3, -0.25) is 15.5 Å². The summed E-state index contributed by atoms with van der Waals surface area (Å²) in [7, 11) is 4.03. The first-order valence-electron chi connectivity index (χ1n) is 2.83. The van der Waals surface area contributed by atoms with Gasteiger partial charge in [-0.05, 0) is 14.1 Å². The molecule has 0 aliphatic carbocycles. The highest BCUT2D eigenvalue weighted by Crippen LogP contribution is 1.95. The highest BCUT2D eigenvalue weighted by atomic mass is 15.4. The molecule has 3 heteroatoms. The van der Waals surface area contributed by atoms with Gasteiger partial charge in [0.2, 0.25) is 0 Å². The lowest BCUT2D eigenvalue weighted by Crippen LogP contribution is -2.35. The molecule has 47 valence electrons. The third-order valence-corrected chi connectivity index (χ3v) is 1.16. The SMILES string of the molecule is CN(C)[C]1NCCN1. The minimum Gasteiger partial charge on any atom is -0.282 e. The molecular weight excluding hydrogens is 102 g/mol. The summed E-state index contributed by atoms with van der Waals surface area (Å²) in [6.45, 7) is 2.10.